The van der Waals surface area contributed by atoms with Gasteiger partial charge in [0.25, 0.3) is 0 Å². The molecule has 9 heteroatoms. The Kier molecular flexibility index (Phi) is 5.71. The van der Waals surface area contributed by atoms with E-state index in [1.165, 1.54) is 24.5 Å². The predicted octanol–water partition coefficient (Wildman–Crippen LogP) is 4.62. The van der Waals surface area contributed by atoms with Crippen molar-refractivity contribution in [1.29, 1.82) is 0 Å². The van der Waals surface area contributed by atoms with Gasteiger partial charge in [0.1, 0.15) is 11.6 Å². The molecule has 1 N–H and O–H groups in total. The Morgan fingerprint density at radius 3 is 2.59 bits per heavy atom. The van der Waals surface area contributed by atoms with Gasteiger partial charge in [-0.15, -0.1) is 0 Å². The first-order valence-corrected chi connectivity index (χ1v) is 11.1. The Bertz CT molecular complexity index is 1160. The number of hydrogen-bond donors (Lipinski definition) is 1. The molecule has 1 aromatic heterocycles. The fourth-order valence-electron chi connectivity index (χ4n) is 4.90. The number of carbonyl (C=O) groups excluding carboxylic acids is 1. The number of amides is 1. The normalized spacial score (nSPS) is 20.0. The number of anilines is 2. The van der Waals surface area contributed by atoms with Gasteiger partial charge in [0, 0.05) is 31.0 Å². The molecule has 0 radical (unpaired) electrons. The van der Waals surface area contributed by atoms with Crippen molar-refractivity contribution in [3.63, 3.8) is 0 Å². The van der Waals surface area contributed by atoms with Gasteiger partial charge >= 0.3 is 6.18 Å². The predicted molar refractivity (Wildman–Crippen MR) is 119 cm³/mol. The van der Waals surface area contributed by atoms with Crippen LogP contribution in [0.1, 0.15) is 16.9 Å². The van der Waals surface area contributed by atoms with E-state index in [-0.39, 0.29) is 30.7 Å². The van der Waals surface area contributed by atoms with E-state index in [4.69, 9.17) is 4.42 Å². The highest BCUT2D eigenvalue weighted by atomic mass is 19.4. The molecular weight excluding hydrogens is 450 g/mol. The van der Waals surface area contributed by atoms with Crippen LogP contribution in [0.4, 0.5) is 28.9 Å². The van der Waals surface area contributed by atoms with E-state index in [2.05, 4.69) is 10.2 Å². The average molecular weight is 473 g/mol. The lowest BCUT2D eigenvalue weighted by Gasteiger charge is -2.49. The summed E-state index contributed by atoms with van der Waals surface area (Å²) in [6.45, 7) is 1.82. The van der Waals surface area contributed by atoms with Gasteiger partial charge in [-0.1, -0.05) is 0 Å². The van der Waals surface area contributed by atoms with Crippen LogP contribution >= 0.6 is 0 Å². The summed E-state index contributed by atoms with van der Waals surface area (Å²) >= 11 is 0. The van der Waals surface area contributed by atoms with Gasteiger partial charge in [-0.05, 0) is 66.6 Å². The lowest BCUT2D eigenvalue weighted by molar-refractivity contribution is -0.137. The molecule has 0 unspecified atom stereocenters. The first-order chi connectivity index (χ1) is 16.3. The van der Waals surface area contributed by atoms with Gasteiger partial charge in [-0.2, -0.15) is 13.2 Å². The monoisotopic (exact) mass is 473 g/mol. The molecule has 5 nitrogen and oxygen atoms in total. The largest absolute Gasteiger partial charge is 0.467 e. The molecular formula is C25H23F4N3O2. The Balaban J connectivity index is 1.45. The summed E-state index contributed by atoms with van der Waals surface area (Å²) in [5.74, 6) is -0.536. The zero-order chi connectivity index (χ0) is 23.9. The minimum absolute atomic E-state index is 0.196. The van der Waals surface area contributed by atoms with Crippen LogP contribution in [0.15, 0.2) is 65.3 Å². The highest BCUT2D eigenvalue weighted by Gasteiger charge is 2.42. The minimum Gasteiger partial charge on any atom is -0.467 e. The van der Waals surface area contributed by atoms with Gasteiger partial charge in [0.15, 0.2) is 0 Å². The van der Waals surface area contributed by atoms with Gasteiger partial charge in [-0.3, -0.25) is 4.79 Å². The highest BCUT2D eigenvalue weighted by Crippen LogP contribution is 2.40. The molecule has 2 aromatic carbocycles. The quantitative estimate of drug-likeness (QED) is 0.562. The Morgan fingerprint density at radius 1 is 1.09 bits per heavy atom. The zero-order valence-corrected chi connectivity index (χ0v) is 18.2. The third-order valence-corrected chi connectivity index (χ3v) is 6.58. The van der Waals surface area contributed by atoms with Crippen LogP contribution in [0, 0.1) is 11.7 Å². The molecule has 5 rings (SSSR count). The third-order valence-electron chi connectivity index (χ3n) is 6.58. The summed E-state index contributed by atoms with van der Waals surface area (Å²) in [5.41, 5.74) is 1.37. The van der Waals surface area contributed by atoms with Crippen molar-refractivity contribution in [3.05, 3.63) is 83.6 Å². The van der Waals surface area contributed by atoms with Gasteiger partial charge in [0.2, 0.25) is 5.91 Å². The number of carbonyl (C=O) groups is 1. The number of furan rings is 1. The molecule has 2 aliphatic heterocycles. The van der Waals surface area contributed by atoms with Crippen LogP contribution in [-0.4, -0.2) is 31.6 Å². The number of fused-ring (bicyclic) bond motifs is 3. The van der Waals surface area contributed by atoms with E-state index in [0.29, 0.717) is 31.0 Å². The summed E-state index contributed by atoms with van der Waals surface area (Å²) < 4.78 is 58.8. The maximum Gasteiger partial charge on any atom is 0.416 e. The first-order valence-electron chi connectivity index (χ1n) is 11.1. The molecule has 1 fully saturated rings. The van der Waals surface area contributed by atoms with Crippen LogP contribution in [0.25, 0.3) is 0 Å². The summed E-state index contributed by atoms with van der Waals surface area (Å²) in [5, 5.41) is 2.88. The Labute approximate surface area is 194 Å². The second-order valence-corrected chi connectivity index (χ2v) is 8.63. The van der Waals surface area contributed by atoms with E-state index in [0.717, 1.165) is 23.5 Å². The van der Waals surface area contributed by atoms with Crippen molar-refractivity contribution < 1.29 is 26.8 Å². The van der Waals surface area contributed by atoms with E-state index in [9.17, 15) is 22.4 Å². The van der Waals surface area contributed by atoms with Crippen molar-refractivity contribution in [2.24, 2.45) is 5.92 Å². The smallest absolute Gasteiger partial charge is 0.416 e. The van der Waals surface area contributed by atoms with Gasteiger partial charge in [-0.25, -0.2) is 4.39 Å². The second-order valence-electron chi connectivity index (χ2n) is 8.63. The standard InChI is InChI=1S/C25H23F4N3O2/c26-18-4-6-19(7-5-18)31-9-10-32-22-8-3-17(25(27,28)29)12-16(22)13-21(23(32)15-31)24(33)30-14-20-2-1-11-34-20/h1-8,11-12,21,23H,9-10,13-15H2,(H,30,33)/t21-,23-/m1/s1. The third kappa shape index (κ3) is 4.34. The Morgan fingerprint density at radius 2 is 1.88 bits per heavy atom. The molecule has 0 aliphatic carbocycles. The minimum atomic E-state index is -4.45. The molecule has 2 aliphatic rings. The average Bonchev–Trinajstić information content (AvgIpc) is 3.35. The summed E-state index contributed by atoms with van der Waals surface area (Å²) in [6, 6.07) is 13.2. The number of halogens is 4. The summed E-state index contributed by atoms with van der Waals surface area (Å²) in [7, 11) is 0. The molecule has 0 spiro atoms. The second kappa shape index (κ2) is 8.70. The van der Waals surface area contributed by atoms with Crippen LogP contribution in [0.5, 0.6) is 0 Å². The molecule has 3 heterocycles. The lowest BCUT2D eigenvalue weighted by atomic mass is 9.82. The molecule has 3 aromatic rings. The van der Waals surface area contributed by atoms with Gasteiger partial charge < -0.3 is 19.5 Å². The molecule has 178 valence electrons. The molecule has 0 bridgehead atoms. The van der Waals surface area contributed by atoms with E-state index >= 15 is 0 Å². The number of hydrogen-bond acceptors (Lipinski definition) is 4. The first kappa shape index (κ1) is 22.3. The molecule has 1 saturated heterocycles. The number of nitrogens with zero attached hydrogens (tertiary/aromatic N) is 2. The zero-order valence-electron chi connectivity index (χ0n) is 18.2. The number of piperazine rings is 1. The van der Waals surface area contributed by atoms with Crippen molar-refractivity contribution in [2.75, 3.05) is 29.4 Å². The maximum atomic E-state index is 13.4. The number of rotatable bonds is 4. The number of alkyl halides is 3. The molecule has 34 heavy (non-hydrogen) atoms. The van der Waals surface area contributed by atoms with Crippen LogP contribution in [0.3, 0.4) is 0 Å². The van der Waals surface area contributed by atoms with E-state index < -0.39 is 17.7 Å². The lowest BCUT2D eigenvalue weighted by Crippen LogP contribution is -2.61. The summed E-state index contributed by atoms with van der Waals surface area (Å²) in [4.78, 5) is 17.4. The molecule has 0 saturated carbocycles. The fraction of sp³-hybridized carbons (Fsp3) is 0.320. The maximum absolute atomic E-state index is 13.4. The van der Waals surface area contributed by atoms with Crippen LogP contribution < -0.4 is 15.1 Å². The van der Waals surface area contributed by atoms with Crippen molar-refractivity contribution in [1.82, 2.24) is 5.32 Å². The highest BCUT2D eigenvalue weighted by molar-refractivity contribution is 5.82. The molecule has 2 atom stereocenters. The fourth-order valence-corrected chi connectivity index (χ4v) is 4.90. The van der Waals surface area contributed by atoms with Crippen molar-refractivity contribution in [2.45, 2.75) is 25.2 Å². The summed E-state index contributed by atoms with van der Waals surface area (Å²) in [6.07, 6.45) is -2.74. The van der Waals surface area contributed by atoms with Gasteiger partial charge in [0.05, 0.1) is 30.3 Å². The van der Waals surface area contributed by atoms with E-state index in [1.807, 2.05) is 4.90 Å². The topological polar surface area (TPSA) is 48.7 Å². The van der Waals surface area contributed by atoms with Crippen LogP contribution in [-0.2, 0) is 23.9 Å². The number of benzene rings is 2. The molecule has 1 amide bonds. The Hall–Kier alpha value is -3.49. The van der Waals surface area contributed by atoms with Crippen molar-refractivity contribution in [3.8, 4) is 0 Å². The van der Waals surface area contributed by atoms with Crippen molar-refractivity contribution >= 4 is 17.3 Å². The SMILES string of the molecule is O=C(NCc1ccco1)[C@@H]1Cc2cc(C(F)(F)F)ccc2N2CCN(c3ccc(F)cc3)C[C@H]12. The van der Waals surface area contributed by atoms with Crippen LogP contribution in [0.2, 0.25) is 0 Å². The van der Waals surface area contributed by atoms with E-state index in [1.54, 1.807) is 24.3 Å². The number of nitrogens with one attached hydrogen (secondary N) is 1.